The molecule has 4 heterocycles. The summed E-state index contributed by atoms with van der Waals surface area (Å²) in [6.45, 7) is 14.1. The average Bonchev–Trinajstić information content (AvgIpc) is 3.37. The summed E-state index contributed by atoms with van der Waals surface area (Å²) in [4.78, 5) is 9.05. The maximum Gasteiger partial charge on any atom is 0.163 e. The second kappa shape index (κ2) is 9.02. The number of aromatic nitrogens is 2. The number of morpholine rings is 1. The number of methoxy groups -OCH3 is 1. The van der Waals surface area contributed by atoms with Crippen LogP contribution in [0, 0.1) is 6.92 Å². The lowest BCUT2D eigenvalue weighted by Gasteiger charge is -2.42. The molecule has 0 unspecified atom stereocenters. The number of hydrogen-bond donors (Lipinski definition) is 0. The largest absolute Gasteiger partial charge is 0.493 e. The quantitative estimate of drug-likeness (QED) is 0.471. The standard InChI is InChI=1S/C27H35N3O3S/c1-17(2)33-24-14-22-19(13-23(24)31-6)7-8-21-20(15-29-10-11-32-16-27(29,4)5)28-26(30(21)22)25-18(3)9-12-34-25/h9,12-14,17H,7-8,10-11,15-16H2,1-6H3. The van der Waals surface area contributed by atoms with Crippen LogP contribution in [0.3, 0.4) is 0 Å². The fraction of sp³-hybridized carbons (Fsp3) is 0.519. The van der Waals surface area contributed by atoms with Crippen molar-refractivity contribution in [1.29, 1.82) is 0 Å². The van der Waals surface area contributed by atoms with Crippen LogP contribution >= 0.6 is 11.3 Å². The normalized spacial score (nSPS) is 17.5. The number of ether oxygens (including phenoxy) is 3. The zero-order chi connectivity index (χ0) is 24.0. The molecule has 34 heavy (non-hydrogen) atoms. The molecule has 3 aromatic rings. The van der Waals surface area contributed by atoms with E-state index in [0.29, 0.717) is 0 Å². The van der Waals surface area contributed by atoms with Crippen LogP contribution in [0.2, 0.25) is 0 Å². The maximum atomic E-state index is 6.15. The first kappa shape index (κ1) is 23.4. The van der Waals surface area contributed by atoms with E-state index in [2.05, 4.69) is 53.8 Å². The lowest BCUT2D eigenvalue weighted by atomic mass is 9.98. The van der Waals surface area contributed by atoms with Gasteiger partial charge in [-0.15, -0.1) is 11.3 Å². The highest BCUT2D eigenvalue weighted by Gasteiger charge is 2.34. The van der Waals surface area contributed by atoms with E-state index in [1.165, 1.54) is 27.4 Å². The zero-order valence-electron chi connectivity index (χ0n) is 21.1. The number of benzene rings is 1. The van der Waals surface area contributed by atoms with Crippen LogP contribution in [0.25, 0.3) is 16.4 Å². The van der Waals surface area contributed by atoms with Crippen LogP contribution in [-0.2, 0) is 24.1 Å². The highest BCUT2D eigenvalue weighted by Crippen LogP contribution is 2.41. The Bertz CT molecular complexity index is 1190. The topological polar surface area (TPSA) is 48.8 Å². The van der Waals surface area contributed by atoms with Crippen LogP contribution in [0.5, 0.6) is 11.5 Å². The first-order chi connectivity index (χ1) is 16.3. The Balaban J connectivity index is 1.66. The Morgan fingerprint density at radius 1 is 1.21 bits per heavy atom. The molecule has 5 rings (SSSR count). The molecule has 0 amide bonds. The lowest BCUT2D eigenvalue weighted by Crippen LogP contribution is -2.52. The van der Waals surface area contributed by atoms with Crippen LogP contribution in [0.1, 0.15) is 50.2 Å². The van der Waals surface area contributed by atoms with Crippen molar-refractivity contribution in [1.82, 2.24) is 14.5 Å². The molecule has 1 aromatic carbocycles. The van der Waals surface area contributed by atoms with Crippen molar-refractivity contribution in [2.24, 2.45) is 0 Å². The maximum absolute atomic E-state index is 6.15. The van der Waals surface area contributed by atoms with Crippen molar-refractivity contribution in [2.75, 3.05) is 26.9 Å². The molecule has 2 aliphatic rings. The Labute approximate surface area is 206 Å². The molecule has 1 fully saturated rings. The van der Waals surface area contributed by atoms with E-state index >= 15 is 0 Å². The van der Waals surface area contributed by atoms with Crippen molar-refractivity contribution in [3.63, 3.8) is 0 Å². The second-order valence-corrected chi connectivity index (χ2v) is 11.1. The van der Waals surface area contributed by atoms with E-state index in [1.807, 2.05) is 13.8 Å². The van der Waals surface area contributed by atoms with Gasteiger partial charge in [-0.3, -0.25) is 9.47 Å². The van der Waals surface area contributed by atoms with Crippen molar-refractivity contribution < 1.29 is 14.2 Å². The Kier molecular flexibility index (Phi) is 6.21. The fourth-order valence-corrected chi connectivity index (χ4v) is 5.92. The second-order valence-electron chi connectivity index (χ2n) is 10.2. The summed E-state index contributed by atoms with van der Waals surface area (Å²) in [6, 6.07) is 6.47. The van der Waals surface area contributed by atoms with Gasteiger partial charge in [0.2, 0.25) is 0 Å². The molecular formula is C27H35N3O3S. The van der Waals surface area contributed by atoms with Gasteiger partial charge in [-0.25, -0.2) is 4.98 Å². The molecule has 0 bridgehead atoms. The molecule has 7 heteroatoms. The number of thiophene rings is 1. The number of fused-ring (bicyclic) bond motifs is 3. The van der Waals surface area contributed by atoms with Gasteiger partial charge >= 0.3 is 0 Å². The van der Waals surface area contributed by atoms with Gasteiger partial charge in [0, 0.05) is 30.4 Å². The molecule has 2 aromatic heterocycles. The van der Waals surface area contributed by atoms with Gasteiger partial charge in [0.05, 0.1) is 42.7 Å². The highest BCUT2D eigenvalue weighted by molar-refractivity contribution is 7.13. The number of nitrogens with zero attached hydrogens (tertiary/aromatic N) is 3. The minimum Gasteiger partial charge on any atom is -0.493 e. The van der Waals surface area contributed by atoms with Crippen molar-refractivity contribution in [3.8, 4) is 27.9 Å². The van der Waals surface area contributed by atoms with E-state index in [-0.39, 0.29) is 11.6 Å². The van der Waals surface area contributed by atoms with Crippen LogP contribution in [0.15, 0.2) is 23.6 Å². The van der Waals surface area contributed by atoms with Gasteiger partial charge in [-0.05, 0) is 76.1 Å². The number of aryl methyl sites for hydroxylation is 2. The van der Waals surface area contributed by atoms with Gasteiger partial charge in [0.1, 0.15) is 0 Å². The summed E-state index contributed by atoms with van der Waals surface area (Å²) in [5.41, 5.74) is 6.15. The van der Waals surface area contributed by atoms with Crippen LogP contribution in [-0.4, -0.2) is 53.0 Å². The number of rotatable bonds is 6. The zero-order valence-corrected chi connectivity index (χ0v) is 21.9. The molecule has 0 atom stereocenters. The van der Waals surface area contributed by atoms with Crippen molar-refractivity contribution >= 4 is 11.3 Å². The minimum absolute atomic E-state index is 0.00796. The summed E-state index contributed by atoms with van der Waals surface area (Å²) in [6.07, 6.45) is 1.98. The smallest absolute Gasteiger partial charge is 0.163 e. The summed E-state index contributed by atoms with van der Waals surface area (Å²) in [5.74, 6) is 2.60. The third kappa shape index (κ3) is 4.14. The van der Waals surface area contributed by atoms with Crippen molar-refractivity contribution in [3.05, 3.63) is 46.1 Å². The third-order valence-corrected chi connectivity index (χ3v) is 7.89. The molecule has 0 aliphatic carbocycles. The SMILES string of the molecule is COc1cc2c(cc1OC(C)C)-n1c(-c3sccc3C)nc(CN3CCOCC3(C)C)c1CC2. The van der Waals surface area contributed by atoms with Gasteiger partial charge < -0.3 is 14.2 Å². The minimum atomic E-state index is -0.00796. The summed E-state index contributed by atoms with van der Waals surface area (Å²) < 4.78 is 20.0. The lowest BCUT2D eigenvalue weighted by molar-refractivity contribution is -0.0558. The number of imidazole rings is 1. The monoisotopic (exact) mass is 481 g/mol. The van der Waals surface area contributed by atoms with E-state index in [9.17, 15) is 0 Å². The first-order valence-corrected chi connectivity index (χ1v) is 13.0. The van der Waals surface area contributed by atoms with E-state index in [0.717, 1.165) is 62.2 Å². The summed E-state index contributed by atoms with van der Waals surface area (Å²) in [5, 5.41) is 2.15. The predicted octanol–water partition coefficient (Wildman–Crippen LogP) is 5.41. The molecule has 0 N–H and O–H groups in total. The van der Waals surface area contributed by atoms with Crippen molar-refractivity contribution in [2.45, 2.75) is 65.6 Å². The molecule has 0 spiro atoms. The third-order valence-electron chi connectivity index (χ3n) is 6.88. The summed E-state index contributed by atoms with van der Waals surface area (Å²) in [7, 11) is 1.71. The molecule has 0 saturated carbocycles. The van der Waals surface area contributed by atoms with Crippen LogP contribution in [0.4, 0.5) is 0 Å². The first-order valence-electron chi connectivity index (χ1n) is 12.1. The highest BCUT2D eigenvalue weighted by atomic mass is 32.1. The summed E-state index contributed by atoms with van der Waals surface area (Å²) >= 11 is 1.76. The fourth-order valence-electron chi connectivity index (χ4n) is 5.02. The molecule has 0 radical (unpaired) electrons. The van der Waals surface area contributed by atoms with Gasteiger partial charge in [-0.2, -0.15) is 0 Å². The van der Waals surface area contributed by atoms with E-state index < -0.39 is 0 Å². The van der Waals surface area contributed by atoms with E-state index in [4.69, 9.17) is 19.2 Å². The van der Waals surface area contributed by atoms with Gasteiger partial charge in [0.15, 0.2) is 17.3 Å². The van der Waals surface area contributed by atoms with Gasteiger partial charge in [-0.1, -0.05) is 0 Å². The molecular weight excluding hydrogens is 446 g/mol. The Morgan fingerprint density at radius 3 is 2.71 bits per heavy atom. The Hall–Kier alpha value is -2.35. The van der Waals surface area contributed by atoms with Crippen LogP contribution < -0.4 is 9.47 Å². The predicted molar refractivity (Wildman–Crippen MR) is 137 cm³/mol. The molecule has 2 aliphatic heterocycles. The molecule has 6 nitrogen and oxygen atoms in total. The molecule has 182 valence electrons. The van der Waals surface area contributed by atoms with Gasteiger partial charge in [0.25, 0.3) is 0 Å². The number of hydrogen-bond acceptors (Lipinski definition) is 6. The molecule has 1 saturated heterocycles. The van der Waals surface area contributed by atoms with E-state index in [1.54, 1.807) is 18.4 Å². The average molecular weight is 482 g/mol. The Morgan fingerprint density at radius 2 is 2.03 bits per heavy atom.